The maximum atomic E-state index is 2.53. The normalized spacial score (nSPS) is 12.4. The molecule has 10 rings (SSSR count). The Kier molecular flexibility index (Phi) is 4.10. The summed E-state index contributed by atoms with van der Waals surface area (Å²) < 4.78 is 7.69. The van der Waals surface area contributed by atoms with Crippen LogP contribution in [0.15, 0.2) is 133 Å². The molecule has 3 heteroatoms. The van der Waals surface area contributed by atoms with Gasteiger partial charge in [-0.25, -0.2) is 0 Å². The second-order valence-corrected chi connectivity index (χ2v) is 12.0. The number of rotatable bonds is 1. The van der Waals surface area contributed by atoms with E-state index in [9.17, 15) is 0 Å². The van der Waals surface area contributed by atoms with Crippen molar-refractivity contribution in [1.82, 2.24) is 8.97 Å². The molecule has 190 valence electrons. The van der Waals surface area contributed by atoms with E-state index in [4.69, 9.17) is 0 Å². The van der Waals surface area contributed by atoms with E-state index < -0.39 is 0 Å². The van der Waals surface area contributed by atoms with Gasteiger partial charge in [0.1, 0.15) is 0 Å². The molecule has 10 aromatic rings. The van der Waals surface area contributed by atoms with Gasteiger partial charge in [0.25, 0.3) is 0 Å². The van der Waals surface area contributed by atoms with Crippen LogP contribution in [0, 0.1) is 0 Å². The van der Waals surface area contributed by atoms with Gasteiger partial charge in [0.15, 0.2) is 0 Å². The summed E-state index contributed by atoms with van der Waals surface area (Å²) in [5.74, 6) is 0. The van der Waals surface area contributed by atoms with Crippen LogP contribution in [0.5, 0.6) is 0 Å². The standard InChI is InChI=1S/C38H22N2S/c1-2-12-26-24(10-1)25-11-3-6-16-31(25)40-34(26)22-23-20-21-29-27-13-4-7-17-32(27)39(37(29)36(23)40)33-18-9-15-30-28-14-5-8-19-35(28)41-38(30)33/h1-22H. The van der Waals surface area contributed by atoms with Crippen molar-refractivity contribution >= 4 is 91.4 Å². The van der Waals surface area contributed by atoms with Crippen molar-refractivity contribution in [2.45, 2.75) is 0 Å². The maximum Gasteiger partial charge on any atom is 0.0789 e. The minimum absolute atomic E-state index is 1.24. The highest BCUT2D eigenvalue weighted by atomic mass is 32.1. The number of nitrogens with zero attached hydrogens (tertiary/aromatic N) is 2. The van der Waals surface area contributed by atoms with Gasteiger partial charge in [0, 0.05) is 42.4 Å². The number of fused-ring (bicyclic) bond motifs is 15. The zero-order valence-corrected chi connectivity index (χ0v) is 22.8. The van der Waals surface area contributed by atoms with Crippen LogP contribution in [-0.4, -0.2) is 8.97 Å². The molecule has 0 saturated carbocycles. The minimum atomic E-state index is 1.24. The van der Waals surface area contributed by atoms with Crippen molar-refractivity contribution in [1.29, 1.82) is 0 Å². The molecule has 0 aliphatic carbocycles. The summed E-state index contributed by atoms with van der Waals surface area (Å²) in [6.45, 7) is 0. The molecular formula is C38H22N2S. The molecule has 41 heavy (non-hydrogen) atoms. The molecule has 0 aliphatic heterocycles. The van der Waals surface area contributed by atoms with E-state index in [1.165, 1.54) is 85.8 Å². The van der Waals surface area contributed by atoms with Crippen molar-refractivity contribution in [3.8, 4) is 5.69 Å². The van der Waals surface area contributed by atoms with Crippen LogP contribution in [0.3, 0.4) is 0 Å². The molecule has 0 atom stereocenters. The molecule has 4 heterocycles. The fourth-order valence-electron chi connectivity index (χ4n) is 7.18. The topological polar surface area (TPSA) is 9.34 Å². The van der Waals surface area contributed by atoms with Crippen LogP contribution in [0.1, 0.15) is 0 Å². The fourth-order valence-corrected chi connectivity index (χ4v) is 8.39. The van der Waals surface area contributed by atoms with Crippen LogP contribution >= 0.6 is 11.3 Å². The highest BCUT2D eigenvalue weighted by Crippen LogP contribution is 2.44. The fraction of sp³-hybridized carbons (Fsp3) is 0. The Balaban J connectivity index is 1.50. The molecule has 6 aromatic carbocycles. The van der Waals surface area contributed by atoms with Gasteiger partial charge in [-0.1, -0.05) is 103 Å². The molecule has 0 spiro atoms. The summed E-state index contributed by atoms with van der Waals surface area (Å²) in [5, 5.41) is 10.3. The molecule has 2 nitrogen and oxygen atoms in total. The Hall–Kier alpha value is -5.12. The first-order valence-corrected chi connectivity index (χ1v) is 14.9. The van der Waals surface area contributed by atoms with E-state index in [1.807, 2.05) is 11.3 Å². The smallest absolute Gasteiger partial charge is 0.0789 e. The third kappa shape index (κ3) is 2.71. The van der Waals surface area contributed by atoms with E-state index in [-0.39, 0.29) is 0 Å². The van der Waals surface area contributed by atoms with Crippen LogP contribution in [0.25, 0.3) is 85.8 Å². The number of hydrogen-bond acceptors (Lipinski definition) is 1. The molecule has 0 radical (unpaired) electrons. The molecule has 0 fully saturated rings. The van der Waals surface area contributed by atoms with Crippen molar-refractivity contribution in [2.24, 2.45) is 0 Å². The predicted octanol–water partition coefficient (Wildman–Crippen LogP) is 10.9. The Morgan fingerprint density at radius 3 is 1.88 bits per heavy atom. The minimum Gasteiger partial charge on any atom is -0.307 e. The first-order chi connectivity index (χ1) is 20.4. The molecule has 0 unspecified atom stereocenters. The highest BCUT2D eigenvalue weighted by Gasteiger charge is 2.21. The van der Waals surface area contributed by atoms with Gasteiger partial charge in [-0.05, 0) is 35.7 Å². The number of benzene rings is 6. The molecule has 0 saturated heterocycles. The largest absolute Gasteiger partial charge is 0.307 e. The maximum absolute atomic E-state index is 2.53. The second-order valence-electron chi connectivity index (χ2n) is 10.9. The number of para-hydroxylation sites is 2. The third-order valence-corrected chi connectivity index (χ3v) is 10.1. The van der Waals surface area contributed by atoms with Gasteiger partial charge in [-0.3, -0.25) is 0 Å². The second kappa shape index (κ2) is 7.75. The summed E-state index contributed by atoms with van der Waals surface area (Å²) >= 11 is 1.89. The van der Waals surface area contributed by atoms with Crippen LogP contribution in [0.2, 0.25) is 0 Å². The Labute approximate surface area is 238 Å². The zero-order valence-electron chi connectivity index (χ0n) is 22.0. The average molecular weight is 539 g/mol. The van der Waals surface area contributed by atoms with Crippen LogP contribution < -0.4 is 0 Å². The highest BCUT2D eigenvalue weighted by molar-refractivity contribution is 7.26. The Morgan fingerprint density at radius 1 is 0.415 bits per heavy atom. The van der Waals surface area contributed by atoms with Crippen LogP contribution in [0.4, 0.5) is 0 Å². The van der Waals surface area contributed by atoms with E-state index >= 15 is 0 Å². The SMILES string of the molecule is c1ccc2c(c1)sc1c(-n3c4ccccc4c4ccc5cc6c7ccccc7c7ccccc7n6c5c43)cccc12. The average Bonchev–Trinajstić information content (AvgIpc) is 3.71. The molecular weight excluding hydrogens is 516 g/mol. The first-order valence-electron chi connectivity index (χ1n) is 14.0. The number of thiophene rings is 1. The molecule has 0 aliphatic rings. The summed E-state index contributed by atoms with van der Waals surface area (Å²) in [4.78, 5) is 0. The number of hydrogen-bond donors (Lipinski definition) is 0. The summed E-state index contributed by atoms with van der Waals surface area (Å²) in [6, 6.07) is 49.1. The van der Waals surface area contributed by atoms with Crippen molar-refractivity contribution in [3.05, 3.63) is 133 Å². The van der Waals surface area contributed by atoms with E-state index in [2.05, 4.69) is 142 Å². The third-order valence-electron chi connectivity index (χ3n) is 8.86. The lowest BCUT2D eigenvalue weighted by atomic mass is 10.1. The van der Waals surface area contributed by atoms with Gasteiger partial charge in [-0.2, -0.15) is 0 Å². The Morgan fingerprint density at radius 2 is 1.05 bits per heavy atom. The van der Waals surface area contributed by atoms with Crippen molar-refractivity contribution < 1.29 is 0 Å². The van der Waals surface area contributed by atoms with Gasteiger partial charge >= 0.3 is 0 Å². The number of aromatic nitrogens is 2. The van der Waals surface area contributed by atoms with Gasteiger partial charge in [0.2, 0.25) is 0 Å². The van der Waals surface area contributed by atoms with E-state index in [1.54, 1.807) is 0 Å². The lowest BCUT2D eigenvalue weighted by Crippen LogP contribution is -1.97. The molecule has 0 bridgehead atoms. The van der Waals surface area contributed by atoms with Crippen LogP contribution in [-0.2, 0) is 0 Å². The van der Waals surface area contributed by atoms with E-state index in [0.717, 1.165) is 0 Å². The summed E-state index contributed by atoms with van der Waals surface area (Å²) in [5.41, 5.74) is 7.48. The van der Waals surface area contributed by atoms with Gasteiger partial charge in [0.05, 0.1) is 38.0 Å². The molecule has 0 N–H and O–H groups in total. The lowest BCUT2D eigenvalue weighted by molar-refractivity contribution is 1.20. The van der Waals surface area contributed by atoms with Gasteiger partial charge < -0.3 is 8.97 Å². The Bertz CT molecular complexity index is 2700. The molecule has 4 aromatic heterocycles. The molecule has 0 amide bonds. The van der Waals surface area contributed by atoms with E-state index in [0.29, 0.717) is 0 Å². The monoisotopic (exact) mass is 538 g/mol. The summed E-state index contributed by atoms with van der Waals surface area (Å²) in [7, 11) is 0. The number of pyridine rings is 1. The quantitative estimate of drug-likeness (QED) is 0.184. The lowest BCUT2D eigenvalue weighted by Gasteiger charge is -2.13. The zero-order chi connectivity index (χ0) is 26.7. The van der Waals surface area contributed by atoms with Crippen molar-refractivity contribution in [3.63, 3.8) is 0 Å². The first kappa shape index (κ1) is 21.7. The predicted molar refractivity (Wildman–Crippen MR) is 177 cm³/mol. The van der Waals surface area contributed by atoms with Crippen molar-refractivity contribution in [2.75, 3.05) is 0 Å². The van der Waals surface area contributed by atoms with Gasteiger partial charge in [-0.15, -0.1) is 11.3 Å². The summed E-state index contributed by atoms with van der Waals surface area (Å²) in [6.07, 6.45) is 0.